The highest BCUT2D eigenvalue weighted by molar-refractivity contribution is 7.87. The molecule has 3 aromatic carbocycles. The summed E-state index contributed by atoms with van der Waals surface area (Å²) in [6.45, 7) is 7.44. The molecule has 1 aromatic heterocycles. The molecule has 0 fully saturated rings. The molecular weight excluding hydrogens is 617 g/mol. The number of halogens is 6. The van der Waals surface area contributed by atoms with Crippen LogP contribution < -0.4 is 9.74 Å². The predicted octanol–water partition coefficient (Wildman–Crippen LogP) is 7.53. The van der Waals surface area contributed by atoms with Gasteiger partial charge in [-0.15, -0.1) is 0 Å². The SMILES string of the molecule is C=CC(=C(C=C(C)c1ccc(Cl)c(C)c1)OC)n1c(=O)ccc2cc(S(=O)(=O)Oc3c(F)c(F)c(F)c(F)c3F)ccc21. The van der Waals surface area contributed by atoms with Gasteiger partial charge in [-0.2, -0.15) is 17.2 Å². The molecule has 1 heterocycles. The minimum absolute atomic E-state index is 0.130. The molecule has 0 aliphatic carbocycles. The van der Waals surface area contributed by atoms with Gasteiger partial charge in [0.1, 0.15) is 10.7 Å². The molecule has 0 spiro atoms. The Kier molecular flexibility index (Phi) is 8.84. The minimum Gasteiger partial charge on any atom is -0.495 e. The highest BCUT2D eigenvalue weighted by atomic mass is 35.5. The Labute approximate surface area is 247 Å². The van der Waals surface area contributed by atoms with E-state index in [0.29, 0.717) is 5.02 Å². The number of methoxy groups -OCH3 is 1. The Balaban J connectivity index is 1.84. The smallest absolute Gasteiger partial charge is 0.339 e. The molecule has 4 rings (SSSR count). The molecule has 0 aliphatic heterocycles. The summed E-state index contributed by atoms with van der Waals surface area (Å²) in [5.41, 5.74) is 2.24. The van der Waals surface area contributed by atoms with Gasteiger partial charge in [-0.1, -0.05) is 30.3 Å². The fraction of sp³-hybridized carbons (Fsp3) is 0.100. The van der Waals surface area contributed by atoms with Crippen molar-refractivity contribution in [2.24, 2.45) is 0 Å². The van der Waals surface area contributed by atoms with E-state index in [2.05, 4.69) is 10.8 Å². The van der Waals surface area contributed by atoms with Crippen molar-refractivity contribution in [1.82, 2.24) is 4.57 Å². The van der Waals surface area contributed by atoms with Gasteiger partial charge in [0.15, 0.2) is 0 Å². The van der Waals surface area contributed by atoms with Crippen LogP contribution >= 0.6 is 11.6 Å². The van der Waals surface area contributed by atoms with Crippen LogP contribution in [0.4, 0.5) is 22.0 Å². The molecule has 6 nitrogen and oxygen atoms in total. The zero-order valence-electron chi connectivity index (χ0n) is 22.6. The molecule has 0 N–H and O–H groups in total. The second kappa shape index (κ2) is 12.1. The van der Waals surface area contributed by atoms with Crippen LogP contribution in [0.25, 0.3) is 22.2 Å². The van der Waals surface area contributed by atoms with Crippen LogP contribution in [0.2, 0.25) is 5.02 Å². The summed E-state index contributed by atoms with van der Waals surface area (Å²) >= 11 is 6.13. The van der Waals surface area contributed by atoms with Gasteiger partial charge in [0.2, 0.25) is 34.8 Å². The maximum atomic E-state index is 14.1. The molecule has 0 unspecified atom stereocenters. The molecule has 43 heavy (non-hydrogen) atoms. The molecule has 0 aliphatic rings. The van der Waals surface area contributed by atoms with Gasteiger partial charge in [0.25, 0.3) is 5.56 Å². The van der Waals surface area contributed by atoms with Crippen molar-refractivity contribution in [3.05, 3.63) is 129 Å². The lowest BCUT2D eigenvalue weighted by molar-refractivity contribution is 0.307. The number of pyridine rings is 1. The number of ether oxygens (including phenoxy) is 1. The zero-order valence-corrected chi connectivity index (χ0v) is 24.2. The van der Waals surface area contributed by atoms with Gasteiger partial charge < -0.3 is 8.92 Å². The fourth-order valence-corrected chi connectivity index (χ4v) is 5.24. The molecular formula is C30H21ClF5NO5S. The number of fused-ring (bicyclic) bond motifs is 1. The lowest BCUT2D eigenvalue weighted by Crippen LogP contribution is -2.19. The summed E-state index contributed by atoms with van der Waals surface area (Å²) < 4.78 is 105. The van der Waals surface area contributed by atoms with Crippen LogP contribution in [0.1, 0.15) is 18.1 Å². The van der Waals surface area contributed by atoms with Crippen molar-refractivity contribution >= 4 is 43.9 Å². The summed E-state index contributed by atoms with van der Waals surface area (Å²) in [5, 5.41) is 0.720. The number of aromatic nitrogens is 1. The third-order valence-corrected chi connectivity index (χ3v) is 8.03. The van der Waals surface area contributed by atoms with Gasteiger partial charge in [0, 0.05) is 16.5 Å². The van der Waals surface area contributed by atoms with Crippen molar-refractivity contribution < 1.29 is 39.3 Å². The molecule has 0 saturated heterocycles. The standard InChI is InChI=1S/C30H21ClF5NO5S/c1-5-21(23(41-4)13-15(2)17-6-9-20(31)16(3)12-17)37-22-10-8-19(14-18(22)7-11-24(37)38)43(39,40)42-30-28(35)26(33)25(32)27(34)29(30)36/h5-14H,1H2,2-4H3. The Bertz CT molecular complexity index is 2010. The lowest BCUT2D eigenvalue weighted by Gasteiger charge is -2.16. The van der Waals surface area contributed by atoms with Crippen molar-refractivity contribution in [2.45, 2.75) is 18.7 Å². The maximum Gasteiger partial charge on any atom is 0.339 e. The summed E-state index contributed by atoms with van der Waals surface area (Å²) in [4.78, 5) is 12.3. The second-order valence-electron chi connectivity index (χ2n) is 9.11. The largest absolute Gasteiger partial charge is 0.495 e. The Morgan fingerprint density at radius 3 is 2.14 bits per heavy atom. The van der Waals surface area contributed by atoms with Gasteiger partial charge >= 0.3 is 10.1 Å². The van der Waals surface area contributed by atoms with Gasteiger partial charge in [-0.3, -0.25) is 9.36 Å². The summed E-state index contributed by atoms with van der Waals surface area (Å²) in [5.74, 6) is -13.9. The van der Waals surface area contributed by atoms with Gasteiger partial charge in [-0.25, -0.2) is 13.2 Å². The first-order valence-corrected chi connectivity index (χ1v) is 14.0. The van der Waals surface area contributed by atoms with E-state index in [-0.39, 0.29) is 22.4 Å². The molecule has 0 bridgehead atoms. The van der Waals surface area contributed by atoms with Crippen molar-refractivity contribution in [1.29, 1.82) is 0 Å². The molecule has 0 atom stereocenters. The second-order valence-corrected chi connectivity index (χ2v) is 11.1. The van der Waals surface area contributed by atoms with E-state index in [0.717, 1.165) is 34.9 Å². The lowest BCUT2D eigenvalue weighted by atomic mass is 10.0. The first-order valence-electron chi connectivity index (χ1n) is 12.2. The minimum atomic E-state index is -5.12. The number of aryl methyl sites for hydroxylation is 1. The Morgan fingerprint density at radius 2 is 1.56 bits per heavy atom. The van der Waals surface area contributed by atoms with E-state index in [1.165, 1.54) is 29.9 Å². The third-order valence-electron chi connectivity index (χ3n) is 6.38. The first-order chi connectivity index (χ1) is 20.2. The van der Waals surface area contributed by atoms with Gasteiger partial charge in [-0.05, 0) is 73.0 Å². The maximum absolute atomic E-state index is 14.1. The molecule has 4 aromatic rings. The van der Waals surface area contributed by atoms with Crippen LogP contribution in [0.15, 0.2) is 82.7 Å². The van der Waals surface area contributed by atoms with Gasteiger partial charge in [0.05, 0.1) is 18.3 Å². The molecule has 0 radical (unpaired) electrons. The molecule has 0 amide bonds. The highest BCUT2D eigenvalue weighted by Gasteiger charge is 2.31. The summed E-state index contributed by atoms with van der Waals surface area (Å²) in [6.07, 6.45) is 3.02. The van der Waals surface area contributed by atoms with Crippen LogP contribution in [-0.4, -0.2) is 20.1 Å². The number of allylic oxidation sites excluding steroid dienone is 4. The summed E-state index contributed by atoms with van der Waals surface area (Å²) in [7, 11) is -3.74. The summed E-state index contributed by atoms with van der Waals surface area (Å²) in [6, 6.07) is 10.9. The molecule has 13 heteroatoms. The third kappa shape index (κ3) is 5.93. The van der Waals surface area contributed by atoms with E-state index in [4.69, 9.17) is 16.3 Å². The monoisotopic (exact) mass is 637 g/mol. The topological polar surface area (TPSA) is 74.6 Å². The number of hydrogen-bond donors (Lipinski definition) is 0. The van der Waals surface area contributed by atoms with Crippen LogP contribution in [0.3, 0.4) is 0 Å². The van der Waals surface area contributed by atoms with E-state index in [1.54, 1.807) is 12.1 Å². The average molecular weight is 638 g/mol. The zero-order chi connectivity index (χ0) is 31.8. The van der Waals surface area contributed by atoms with Crippen molar-refractivity contribution in [2.75, 3.05) is 7.11 Å². The first kappa shape index (κ1) is 31.5. The normalized spacial score (nSPS) is 12.7. The van der Waals surface area contributed by atoms with E-state index in [1.807, 2.05) is 26.0 Å². The number of nitrogens with zero attached hydrogens (tertiary/aromatic N) is 1. The Morgan fingerprint density at radius 1 is 0.930 bits per heavy atom. The number of hydrogen-bond acceptors (Lipinski definition) is 5. The van der Waals surface area contributed by atoms with E-state index < -0.39 is 55.4 Å². The van der Waals surface area contributed by atoms with E-state index >= 15 is 0 Å². The number of rotatable bonds is 8. The van der Waals surface area contributed by atoms with Crippen molar-refractivity contribution in [3.63, 3.8) is 0 Å². The molecule has 224 valence electrons. The van der Waals surface area contributed by atoms with Crippen LogP contribution in [-0.2, 0) is 14.9 Å². The van der Waals surface area contributed by atoms with Crippen molar-refractivity contribution in [3.8, 4) is 5.75 Å². The van der Waals surface area contributed by atoms with Crippen LogP contribution in [0.5, 0.6) is 5.75 Å². The Hall–Kier alpha value is -4.42. The van der Waals surface area contributed by atoms with Crippen LogP contribution in [0, 0.1) is 36.0 Å². The quantitative estimate of drug-likeness (QED) is 0.0499. The fourth-order valence-electron chi connectivity index (χ4n) is 4.15. The molecule has 0 saturated carbocycles. The van der Waals surface area contributed by atoms with E-state index in [9.17, 15) is 35.2 Å². The predicted molar refractivity (Wildman–Crippen MR) is 153 cm³/mol. The highest BCUT2D eigenvalue weighted by Crippen LogP contribution is 2.32. The average Bonchev–Trinajstić information content (AvgIpc) is 2.98. The number of benzene rings is 3.